The number of halogens is 2. The van der Waals surface area contributed by atoms with Crippen LogP contribution in [0.1, 0.15) is 38.9 Å². The van der Waals surface area contributed by atoms with Crippen LogP contribution in [0.15, 0.2) is 80.4 Å². The van der Waals surface area contributed by atoms with Crippen LogP contribution in [-0.4, -0.2) is 10.8 Å². The molecule has 1 aliphatic heterocycles. The molecule has 0 spiro atoms. The van der Waals surface area contributed by atoms with Gasteiger partial charge in [0.05, 0.1) is 17.0 Å². The minimum atomic E-state index is -0.545. The van der Waals surface area contributed by atoms with Crippen molar-refractivity contribution in [2.24, 2.45) is 0 Å². The summed E-state index contributed by atoms with van der Waals surface area (Å²) in [6, 6.07) is 20.0. The number of benzene rings is 3. The van der Waals surface area contributed by atoms with E-state index in [2.05, 4.69) is 15.9 Å². The number of carbonyl (C=O) groups is 1. The van der Waals surface area contributed by atoms with E-state index < -0.39 is 6.04 Å². The summed E-state index contributed by atoms with van der Waals surface area (Å²) in [5.74, 6) is -0.197. The van der Waals surface area contributed by atoms with Crippen LogP contribution in [0, 0.1) is 6.92 Å². The smallest absolute Gasteiger partial charge is 0.291 e. The summed E-state index contributed by atoms with van der Waals surface area (Å²) >= 11 is 9.58. The van der Waals surface area contributed by atoms with Crippen LogP contribution >= 0.6 is 27.5 Å². The highest BCUT2D eigenvalue weighted by atomic mass is 79.9. The van der Waals surface area contributed by atoms with Crippen LogP contribution in [0.2, 0.25) is 5.02 Å². The minimum Gasteiger partial charge on any atom is -0.450 e. The maximum absolute atomic E-state index is 13.5. The van der Waals surface area contributed by atoms with Crippen molar-refractivity contribution in [1.29, 1.82) is 0 Å². The molecule has 0 N–H and O–H groups in total. The van der Waals surface area contributed by atoms with Crippen molar-refractivity contribution < 1.29 is 9.21 Å². The minimum absolute atomic E-state index is 0.0971. The van der Waals surface area contributed by atoms with E-state index in [-0.39, 0.29) is 17.1 Å². The fraction of sp³-hybridized carbons (Fsp3) is 0.120. The number of aryl methyl sites for hydroxylation is 1. The Labute approximate surface area is 192 Å². The van der Waals surface area contributed by atoms with Gasteiger partial charge in [-0.15, -0.1) is 0 Å². The first-order valence-electron chi connectivity index (χ1n) is 9.80. The number of hydrogen-bond donors (Lipinski definition) is 0. The second-order valence-corrected chi connectivity index (χ2v) is 9.04. The molecule has 0 fully saturated rings. The van der Waals surface area contributed by atoms with Crippen molar-refractivity contribution in [3.63, 3.8) is 0 Å². The summed E-state index contributed by atoms with van der Waals surface area (Å²) in [6.45, 7) is 2.38. The Morgan fingerprint density at radius 3 is 2.42 bits per heavy atom. The maximum Gasteiger partial charge on any atom is 0.291 e. The van der Waals surface area contributed by atoms with Gasteiger partial charge in [-0.1, -0.05) is 69.5 Å². The zero-order valence-corrected chi connectivity index (χ0v) is 18.9. The lowest BCUT2D eigenvalue weighted by Gasteiger charge is -2.25. The first kappa shape index (κ1) is 20.0. The molecule has 5 rings (SSSR count). The first-order valence-corrected chi connectivity index (χ1v) is 11.0. The average Bonchev–Trinajstić information content (AvgIpc) is 3.03. The summed E-state index contributed by atoms with van der Waals surface area (Å²) in [4.78, 5) is 28.6. The summed E-state index contributed by atoms with van der Waals surface area (Å²) < 4.78 is 6.88. The molecule has 6 heteroatoms. The number of amides is 1. The van der Waals surface area contributed by atoms with E-state index in [9.17, 15) is 9.59 Å². The molecule has 2 heterocycles. The van der Waals surface area contributed by atoms with E-state index in [0.29, 0.717) is 28.1 Å². The largest absolute Gasteiger partial charge is 0.450 e. The Morgan fingerprint density at radius 1 is 1.00 bits per heavy atom. The number of nitrogens with zero attached hydrogens (tertiary/aromatic N) is 1. The molecule has 0 aliphatic carbocycles. The quantitative estimate of drug-likeness (QED) is 0.338. The molecular formula is C25H17BrClNO3. The van der Waals surface area contributed by atoms with Crippen LogP contribution in [-0.2, 0) is 6.54 Å². The molecule has 0 bridgehead atoms. The average molecular weight is 495 g/mol. The second-order valence-electron chi connectivity index (χ2n) is 7.69. The van der Waals surface area contributed by atoms with Crippen molar-refractivity contribution in [2.75, 3.05) is 0 Å². The van der Waals surface area contributed by atoms with Gasteiger partial charge in [0, 0.05) is 16.0 Å². The molecule has 3 aromatic carbocycles. The van der Waals surface area contributed by atoms with Gasteiger partial charge in [-0.25, -0.2) is 0 Å². The summed E-state index contributed by atoms with van der Waals surface area (Å²) in [5, 5.41) is 0.819. The number of rotatable bonds is 3. The molecule has 1 unspecified atom stereocenters. The van der Waals surface area contributed by atoms with Crippen LogP contribution in [0.25, 0.3) is 11.0 Å². The third-order valence-corrected chi connectivity index (χ3v) is 6.35. The first-order chi connectivity index (χ1) is 14.9. The van der Waals surface area contributed by atoms with Crippen molar-refractivity contribution in [2.45, 2.75) is 19.5 Å². The van der Waals surface area contributed by atoms with E-state index in [0.717, 1.165) is 21.2 Å². The predicted molar refractivity (Wildman–Crippen MR) is 125 cm³/mol. The molecule has 0 radical (unpaired) electrons. The van der Waals surface area contributed by atoms with Crippen molar-refractivity contribution in [3.05, 3.63) is 114 Å². The van der Waals surface area contributed by atoms with Gasteiger partial charge in [0.25, 0.3) is 5.91 Å². The SMILES string of the molecule is Cc1ccc(CN2C(=O)c3oc4ccc(Cl)cc4c(=O)c3C2c2ccc(Br)cc2)cc1. The summed E-state index contributed by atoms with van der Waals surface area (Å²) in [6.07, 6.45) is 0. The number of hydrogen-bond acceptors (Lipinski definition) is 3. The third-order valence-electron chi connectivity index (χ3n) is 5.59. The second kappa shape index (κ2) is 7.66. The van der Waals surface area contributed by atoms with Crippen molar-refractivity contribution in [1.82, 2.24) is 4.90 Å². The summed E-state index contributed by atoms with van der Waals surface area (Å²) in [7, 11) is 0. The molecule has 154 valence electrons. The van der Waals surface area contributed by atoms with Gasteiger partial charge in [0.15, 0.2) is 5.43 Å². The molecule has 1 atom stereocenters. The van der Waals surface area contributed by atoms with Crippen molar-refractivity contribution >= 4 is 44.4 Å². The molecule has 0 saturated carbocycles. The Kier molecular flexibility index (Phi) is 4.95. The number of carbonyl (C=O) groups excluding carboxylic acids is 1. The molecule has 4 nitrogen and oxygen atoms in total. The maximum atomic E-state index is 13.5. The van der Waals surface area contributed by atoms with Gasteiger partial charge in [0.1, 0.15) is 5.58 Å². The standard InChI is InChI=1S/C25H17BrClNO3/c1-14-2-4-15(5-3-14)13-28-22(16-6-8-17(26)9-7-16)21-23(29)19-12-18(27)10-11-20(19)31-24(21)25(28)30/h2-12,22H,13H2,1H3. The highest BCUT2D eigenvalue weighted by molar-refractivity contribution is 9.10. The van der Waals surface area contributed by atoms with Gasteiger partial charge >= 0.3 is 0 Å². The lowest BCUT2D eigenvalue weighted by Crippen LogP contribution is -2.29. The van der Waals surface area contributed by atoms with Gasteiger partial charge in [-0.2, -0.15) is 0 Å². The fourth-order valence-corrected chi connectivity index (χ4v) is 4.47. The van der Waals surface area contributed by atoms with Crippen molar-refractivity contribution in [3.8, 4) is 0 Å². The molecule has 1 aliphatic rings. The van der Waals surface area contributed by atoms with Gasteiger partial charge in [0.2, 0.25) is 5.76 Å². The highest BCUT2D eigenvalue weighted by Gasteiger charge is 2.42. The topological polar surface area (TPSA) is 50.5 Å². The molecular weight excluding hydrogens is 478 g/mol. The fourth-order valence-electron chi connectivity index (χ4n) is 4.04. The lowest BCUT2D eigenvalue weighted by molar-refractivity contribution is 0.0714. The van der Waals surface area contributed by atoms with Gasteiger partial charge in [-0.05, 0) is 48.4 Å². The van der Waals surface area contributed by atoms with E-state index in [1.807, 2.05) is 55.5 Å². The third kappa shape index (κ3) is 3.48. The van der Waals surface area contributed by atoms with Crippen LogP contribution < -0.4 is 5.43 Å². The van der Waals surface area contributed by atoms with E-state index in [1.54, 1.807) is 23.1 Å². The molecule has 0 saturated heterocycles. The zero-order chi connectivity index (χ0) is 21.7. The lowest BCUT2D eigenvalue weighted by atomic mass is 9.98. The normalized spacial score (nSPS) is 15.5. The zero-order valence-electron chi connectivity index (χ0n) is 16.6. The summed E-state index contributed by atoms with van der Waals surface area (Å²) in [5.41, 5.74) is 3.45. The van der Waals surface area contributed by atoms with E-state index in [1.165, 1.54) is 0 Å². The van der Waals surface area contributed by atoms with E-state index in [4.69, 9.17) is 16.0 Å². The Hall–Kier alpha value is -2.89. The van der Waals surface area contributed by atoms with E-state index >= 15 is 0 Å². The van der Waals surface area contributed by atoms with Crippen LogP contribution in [0.5, 0.6) is 0 Å². The Balaban J connectivity index is 1.72. The van der Waals surface area contributed by atoms with Crippen LogP contribution in [0.3, 0.4) is 0 Å². The predicted octanol–water partition coefficient (Wildman–Crippen LogP) is 6.26. The number of fused-ring (bicyclic) bond motifs is 2. The highest BCUT2D eigenvalue weighted by Crippen LogP contribution is 2.39. The molecule has 1 amide bonds. The van der Waals surface area contributed by atoms with Gasteiger partial charge < -0.3 is 9.32 Å². The molecule has 4 aromatic rings. The van der Waals surface area contributed by atoms with Gasteiger partial charge in [-0.3, -0.25) is 9.59 Å². The Morgan fingerprint density at radius 2 is 1.71 bits per heavy atom. The Bertz CT molecular complexity index is 1380. The monoisotopic (exact) mass is 493 g/mol. The molecule has 31 heavy (non-hydrogen) atoms. The van der Waals surface area contributed by atoms with Crippen LogP contribution in [0.4, 0.5) is 0 Å². The molecule has 1 aromatic heterocycles.